The third-order valence-electron chi connectivity index (χ3n) is 5.80. The highest BCUT2D eigenvalue weighted by molar-refractivity contribution is 9.10. The number of nitrogen functional groups attached to an aromatic ring is 1. The number of hydrogen-bond donors (Lipinski definition) is 4. The molecule has 3 unspecified atom stereocenters. The molecule has 5 N–H and O–H groups in total. The maximum Gasteiger partial charge on any atom is 0.237 e. The molecule has 11 heteroatoms. The summed E-state index contributed by atoms with van der Waals surface area (Å²) in [5.41, 5.74) is 9.40. The number of β-amino-alcohol motifs (C(OH)–C–C–N with tert-alkyl or cyclic N) is 1. The van der Waals surface area contributed by atoms with Crippen LogP contribution >= 0.6 is 15.9 Å². The van der Waals surface area contributed by atoms with Gasteiger partial charge in [0.15, 0.2) is 5.65 Å². The summed E-state index contributed by atoms with van der Waals surface area (Å²) < 4.78 is 15.7. The van der Waals surface area contributed by atoms with Crippen LogP contribution in [0.25, 0.3) is 27.7 Å². The lowest BCUT2D eigenvalue weighted by Crippen LogP contribution is -2.41. The Kier molecular flexibility index (Phi) is 5.47. The molecule has 1 aliphatic heterocycles. The lowest BCUT2D eigenvalue weighted by atomic mass is 10.1. The van der Waals surface area contributed by atoms with Gasteiger partial charge in [-0.25, -0.2) is 9.37 Å². The number of nitrogens with zero attached hydrogens (tertiary/aromatic N) is 4. The van der Waals surface area contributed by atoms with Gasteiger partial charge in [0.25, 0.3) is 0 Å². The van der Waals surface area contributed by atoms with E-state index in [2.05, 4.69) is 36.6 Å². The number of nitrogens with one attached hydrogen (secondary N) is 2. The quantitative estimate of drug-likeness (QED) is 0.329. The molecule has 3 aromatic heterocycles. The molecule has 4 aromatic rings. The summed E-state index contributed by atoms with van der Waals surface area (Å²) in [7, 11) is 0. The van der Waals surface area contributed by atoms with E-state index in [1.54, 1.807) is 18.5 Å². The third kappa shape index (κ3) is 3.92. The van der Waals surface area contributed by atoms with Crippen LogP contribution in [0.4, 0.5) is 10.2 Å². The summed E-state index contributed by atoms with van der Waals surface area (Å²) in [6.45, 7) is 2.19. The number of fused-ring (bicyclic) bond motifs is 2. The fourth-order valence-corrected chi connectivity index (χ4v) is 4.65. The fraction of sp³-hybridized carbons (Fsp3) is 0.273. The van der Waals surface area contributed by atoms with Crippen LogP contribution in [0.15, 0.2) is 41.1 Å². The Balaban J connectivity index is 1.53. The number of hydrogen-bond acceptors (Lipinski definition) is 7. The van der Waals surface area contributed by atoms with Crippen molar-refractivity contribution in [2.45, 2.75) is 31.5 Å². The van der Waals surface area contributed by atoms with Crippen LogP contribution in [0.3, 0.4) is 0 Å². The number of aliphatic hydroxyl groups excluding tert-OH is 1. The Bertz CT molecular complexity index is 1390. The molecule has 1 saturated heterocycles. The van der Waals surface area contributed by atoms with Crippen molar-refractivity contribution >= 4 is 44.2 Å². The number of nitrogens with two attached hydrogens (primary N) is 1. The number of halogens is 2. The second-order valence-electron chi connectivity index (χ2n) is 8.13. The SMILES string of the molecule is CC(NC(=O)C1CC(O)CN1)c1nc2c(-c3cnc4ccc(F)cc4c3)cnn2c(N)c1Br. The molecule has 0 saturated carbocycles. The zero-order valence-corrected chi connectivity index (χ0v) is 19.2. The predicted molar refractivity (Wildman–Crippen MR) is 125 cm³/mol. The highest BCUT2D eigenvalue weighted by Crippen LogP contribution is 2.33. The maximum atomic E-state index is 13.7. The molecule has 1 amide bonds. The first-order valence-electron chi connectivity index (χ1n) is 10.4. The van der Waals surface area contributed by atoms with E-state index in [9.17, 15) is 14.3 Å². The molecule has 0 spiro atoms. The van der Waals surface area contributed by atoms with Crippen molar-refractivity contribution in [3.63, 3.8) is 0 Å². The lowest BCUT2D eigenvalue weighted by molar-refractivity contribution is -0.123. The average molecular weight is 514 g/mol. The topological polar surface area (TPSA) is 130 Å². The number of pyridine rings is 1. The van der Waals surface area contributed by atoms with E-state index in [-0.39, 0.29) is 11.7 Å². The van der Waals surface area contributed by atoms with Crippen molar-refractivity contribution in [3.05, 3.63) is 52.6 Å². The largest absolute Gasteiger partial charge is 0.392 e. The predicted octanol–water partition coefficient (Wildman–Crippen LogP) is 2.33. The Morgan fingerprint density at radius 3 is 2.97 bits per heavy atom. The number of anilines is 1. The molecule has 4 heterocycles. The zero-order valence-electron chi connectivity index (χ0n) is 17.6. The van der Waals surface area contributed by atoms with E-state index >= 15 is 0 Å². The van der Waals surface area contributed by atoms with Crippen LogP contribution in [-0.4, -0.2) is 49.3 Å². The number of carbonyl (C=O) groups excluding carboxylic acids is 1. The normalized spacial score (nSPS) is 19.3. The van der Waals surface area contributed by atoms with Gasteiger partial charge in [-0.3, -0.25) is 9.78 Å². The lowest BCUT2D eigenvalue weighted by Gasteiger charge is -2.19. The Morgan fingerprint density at radius 1 is 1.39 bits per heavy atom. The molecule has 3 atom stereocenters. The summed E-state index contributed by atoms with van der Waals surface area (Å²) in [5.74, 6) is -0.235. The molecular weight excluding hydrogens is 493 g/mol. The van der Waals surface area contributed by atoms with Crippen LogP contribution in [-0.2, 0) is 4.79 Å². The van der Waals surface area contributed by atoms with Gasteiger partial charge in [0.05, 0.1) is 40.1 Å². The van der Waals surface area contributed by atoms with E-state index in [1.807, 2.05) is 13.0 Å². The summed E-state index contributed by atoms with van der Waals surface area (Å²) in [4.78, 5) is 21.8. The van der Waals surface area contributed by atoms with Gasteiger partial charge in [0, 0.05) is 29.3 Å². The van der Waals surface area contributed by atoms with Crippen LogP contribution in [0, 0.1) is 5.82 Å². The van der Waals surface area contributed by atoms with Crippen LogP contribution in [0.1, 0.15) is 25.1 Å². The first-order valence-corrected chi connectivity index (χ1v) is 11.2. The molecule has 170 valence electrons. The van der Waals surface area contributed by atoms with Crippen molar-refractivity contribution in [2.24, 2.45) is 0 Å². The minimum Gasteiger partial charge on any atom is -0.392 e. The van der Waals surface area contributed by atoms with Crippen molar-refractivity contribution in [1.29, 1.82) is 0 Å². The molecule has 1 aromatic carbocycles. The van der Waals surface area contributed by atoms with Crippen LogP contribution < -0.4 is 16.4 Å². The molecule has 1 fully saturated rings. The first kappa shape index (κ1) is 21.7. The summed E-state index contributed by atoms with van der Waals surface area (Å²) in [5, 5.41) is 20.6. The number of benzene rings is 1. The van der Waals surface area contributed by atoms with E-state index < -0.39 is 18.2 Å². The van der Waals surface area contributed by atoms with Crippen LogP contribution in [0.2, 0.25) is 0 Å². The summed E-state index contributed by atoms with van der Waals surface area (Å²) in [6, 6.07) is 5.31. The second kappa shape index (κ2) is 8.32. The second-order valence-corrected chi connectivity index (χ2v) is 8.92. The van der Waals surface area contributed by atoms with Gasteiger partial charge in [-0.1, -0.05) is 0 Å². The molecule has 33 heavy (non-hydrogen) atoms. The number of aromatic nitrogens is 4. The molecule has 0 radical (unpaired) electrons. The number of amides is 1. The molecular formula is C22H21BrFN7O2. The Hall–Kier alpha value is -3.15. The molecule has 0 aliphatic carbocycles. The minimum absolute atomic E-state index is 0.222. The maximum absolute atomic E-state index is 13.7. The van der Waals surface area contributed by atoms with Gasteiger partial charge >= 0.3 is 0 Å². The van der Waals surface area contributed by atoms with E-state index in [4.69, 9.17) is 10.7 Å². The van der Waals surface area contributed by atoms with Crippen molar-refractivity contribution in [1.82, 2.24) is 30.2 Å². The van der Waals surface area contributed by atoms with Gasteiger partial charge in [0.1, 0.15) is 11.6 Å². The molecule has 9 nitrogen and oxygen atoms in total. The van der Waals surface area contributed by atoms with E-state index in [1.165, 1.54) is 16.6 Å². The van der Waals surface area contributed by atoms with Gasteiger partial charge < -0.3 is 21.5 Å². The van der Waals surface area contributed by atoms with Crippen molar-refractivity contribution in [2.75, 3.05) is 12.3 Å². The van der Waals surface area contributed by atoms with E-state index in [0.717, 1.165) is 0 Å². The van der Waals surface area contributed by atoms with Crippen LogP contribution in [0.5, 0.6) is 0 Å². The highest BCUT2D eigenvalue weighted by Gasteiger charge is 2.30. The molecule has 0 bridgehead atoms. The zero-order chi connectivity index (χ0) is 23.3. The average Bonchev–Trinajstić information content (AvgIpc) is 3.42. The molecule has 1 aliphatic rings. The van der Waals surface area contributed by atoms with Crippen molar-refractivity contribution in [3.8, 4) is 11.1 Å². The first-order chi connectivity index (χ1) is 15.8. The molecule has 5 rings (SSSR count). The van der Waals surface area contributed by atoms with Gasteiger partial charge in [-0.2, -0.15) is 9.61 Å². The fourth-order valence-electron chi connectivity index (χ4n) is 4.05. The Morgan fingerprint density at radius 2 is 2.21 bits per heavy atom. The van der Waals surface area contributed by atoms with Gasteiger partial charge in [-0.05, 0) is 53.5 Å². The monoisotopic (exact) mass is 513 g/mol. The van der Waals surface area contributed by atoms with Gasteiger partial charge in [-0.15, -0.1) is 0 Å². The van der Waals surface area contributed by atoms with Crippen molar-refractivity contribution < 1.29 is 14.3 Å². The number of aliphatic hydroxyl groups is 1. The smallest absolute Gasteiger partial charge is 0.237 e. The van der Waals surface area contributed by atoms with E-state index in [0.29, 0.717) is 56.6 Å². The van der Waals surface area contributed by atoms with Gasteiger partial charge in [0.2, 0.25) is 5.91 Å². The number of rotatable bonds is 4. The number of carbonyl (C=O) groups is 1. The highest BCUT2D eigenvalue weighted by atomic mass is 79.9. The summed E-state index contributed by atoms with van der Waals surface area (Å²) >= 11 is 3.48. The Labute approximate surface area is 196 Å². The summed E-state index contributed by atoms with van der Waals surface area (Å²) in [6.07, 6.45) is 3.13. The standard InChI is InChI=1S/C22H21BrFN7O2/c1-10(29-22(33)17-6-14(32)8-27-17)19-18(23)20(25)31-21(30-19)15(9-28-31)12-4-11-5-13(24)2-3-16(11)26-7-12/h2-5,7,9-10,14,17,27,32H,6,8,25H2,1H3,(H,29,33). The third-order valence-corrected chi connectivity index (χ3v) is 6.61. The minimum atomic E-state index is -0.536.